The van der Waals surface area contributed by atoms with Crippen molar-refractivity contribution in [3.05, 3.63) is 68.9 Å². The third-order valence-electron chi connectivity index (χ3n) is 9.14. The summed E-state index contributed by atoms with van der Waals surface area (Å²) in [6.07, 6.45) is 12.1. The zero-order valence-electron chi connectivity index (χ0n) is 26.1. The predicted octanol–water partition coefficient (Wildman–Crippen LogP) is 8.92. The van der Waals surface area contributed by atoms with Gasteiger partial charge < -0.3 is 24.1 Å². The molecule has 2 aromatic carbocycles. The number of rotatable bonds is 9. The highest BCUT2D eigenvalue weighted by atomic mass is 79.9. The molecule has 1 N–H and O–H groups in total. The van der Waals surface area contributed by atoms with E-state index in [1.54, 1.807) is 0 Å². The number of fused-ring (bicyclic) bond motifs is 2. The number of ether oxygens (including phenoxy) is 1. The van der Waals surface area contributed by atoms with E-state index in [-0.39, 0.29) is 0 Å². The molecule has 4 aromatic rings. The molecule has 0 spiro atoms. The normalized spacial score (nSPS) is 20.1. The van der Waals surface area contributed by atoms with Crippen LogP contribution in [-0.4, -0.2) is 73.3 Å². The molecule has 2 atom stereocenters. The van der Waals surface area contributed by atoms with E-state index in [0.717, 1.165) is 28.4 Å². The lowest BCUT2D eigenvalue weighted by atomic mass is 10.0. The molecule has 2 aromatic heterocycles. The van der Waals surface area contributed by atoms with Crippen molar-refractivity contribution in [1.82, 2.24) is 19.4 Å². The number of halogens is 2. The summed E-state index contributed by atoms with van der Waals surface area (Å²) in [7, 11) is 3.47. The van der Waals surface area contributed by atoms with Gasteiger partial charge in [-0.25, -0.2) is 0 Å². The fourth-order valence-electron chi connectivity index (χ4n) is 6.46. The number of aromatic amines is 1. The minimum atomic E-state index is -1.03. The first-order valence-electron chi connectivity index (χ1n) is 15.6. The van der Waals surface area contributed by atoms with Gasteiger partial charge in [0.25, 0.3) is 0 Å². The van der Waals surface area contributed by atoms with E-state index in [0.29, 0.717) is 18.8 Å². The van der Waals surface area contributed by atoms with E-state index in [1.165, 1.54) is 77.7 Å². The quantitative estimate of drug-likeness (QED) is 0.139. The molecular weight excluding hydrogens is 668 g/mol. The van der Waals surface area contributed by atoms with Crippen LogP contribution in [-0.2, 0) is 24.3 Å². The van der Waals surface area contributed by atoms with E-state index in [2.05, 4.69) is 134 Å². The van der Waals surface area contributed by atoms with Crippen LogP contribution in [0.15, 0.2) is 57.7 Å². The van der Waals surface area contributed by atoms with Crippen LogP contribution in [0.4, 0.5) is 0 Å². The number of likely N-dealkylation sites (tertiary alicyclic amines) is 2. The van der Waals surface area contributed by atoms with Crippen LogP contribution in [0.3, 0.4) is 0 Å². The topological polar surface area (TPSA) is 36.4 Å². The lowest BCUT2D eigenvalue weighted by Crippen LogP contribution is -2.26. The zero-order valence-corrected chi connectivity index (χ0v) is 30.2. The number of likely N-dealkylation sites (N-methyl/N-ethyl adjacent to an activating group) is 2. The monoisotopic (exact) mass is 714 g/mol. The molecule has 2 aliphatic heterocycles. The van der Waals surface area contributed by atoms with Gasteiger partial charge in [0.1, 0.15) is 6.73 Å². The Bertz CT molecular complexity index is 1480. The van der Waals surface area contributed by atoms with Gasteiger partial charge >= 0.3 is 0 Å². The van der Waals surface area contributed by atoms with Crippen molar-refractivity contribution in [1.29, 1.82) is 0 Å². The van der Waals surface area contributed by atoms with Crippen LogP contribution in [0.5, 0.6) is 0 Å². The lowest BCUT2D eigenvalue weighted by molar-refractivity contribution is 0.0901. The molecule has 4 heterocycles. The van der Waals surface area contributed by atoms with Crippen LogP contribution >= 0.6 is 31.9 Å². The average Bonchev–Trinajstić information content (AvgIpc) is 3.71. The van der Waals surface area contributed by atoms with Gasteiger partial charge in [-0.3, -0.25) is 0 Å². The molecule has 8 heteroatoms. The second-order valence-corrected chi connectivity index (χ2v) is 21.1. The van der Waals surface area contributed by atoms with E-state index >= 15 is 0 Å². The van der Waals surface area contributed by atoms with E-state index in [4.69, 9.17) is 4.74 Å². The molecule has 5 nitrogen and oxygen atoms in total. The van der Waals surface area contributed by atoms with Crippen molar-refractivity contribution >= 4 is 61.7 Å². The number of H-pyrrole nitrogens is 1. The molecule has 0 aliphatic carbocycles. The molecule has 0 bridgehead atoms. The molecular formula is C34H48Br2N4OSi. The van der Waals surface area contributed by atoms with Gasteiger partial charge in [-0.2, -0.15) is 0 Å². The largest absolute Gasteiger partial charge is 0.361 e. The third-order valence-corrected chi connectivity index (χ3v) is 11.8. The highest BCUT2D eigenvalue weighted by Gasteiger charge is 2.24. The van der Waals surface area contributed by atoms with Gasteiger partial charge in [0.15, 0.2) is 0 Å². The van der Waals surface area contributed by atoms with Crippen molar-refractivity contribution in [3.63, 3.8) is 0 Å². The smallest absolute Gasteiger partial charge is 0.122 e. The summed E-state index contributed by atoms with van der Waals surface area (Å²) in [4.78, 5) is 8.35. The minimum absolute atomic E-state index is 0.656. The molecule has 228 valence electrons. The maximum atomic E-state index is 6.01. The van der Waals surface area contributed by atoms with Crippen molar-refractivity contribution in [2.75, 3.05) is 33.8 Å². The summed E-state index contributed by atoms with van der Waals surface area (Å²) in [6.45, 7) is 11.2. The Balaban J connectivity index is 0.000000180. The Morgan fingerprint density at radius 1 is 0.857 bits per heavy atom. The van der Waals surface area contributed by atoms with Crippen molar-refractivity contribution in [2.24, 2.45) is 0 Å². The van der Waals surface area contributed by atoms with Crippen molar-refractivity contribution in [2.45, 2.75) is 83.0 Å². The molecule has 6 rings (SSSR count). The van der Waals surface area contributed by atoms with Gasteiger partial charge in [0.05, 0.1) is 5.52 Å². The zero-order chi connectivity index (χ0) is 29.9. The summed E-state index contributed by atoms with van der Waals surface area (Å²) >= 11 is 7.19. The Kier molecular flexibility index (Phi) is 10.8. The van der Waals surface area contributed by atoms with Crippen LogP contribution in [0, 0.1) is 0 Å². The minimum Gasteiger partial charge on any atom is -0.361 e. The summed E-state index contributed by atoms with van der Waals surface area (Å²) in [6, 6.07) is 15.7. The highest BCUT2D eigenvalue weighted by molar-refractivity contribution is 9.10. The molecule has 2 fully saturated rings. The first-order chi connectivity index (χ1) is 20.1. The van der Waals surface area contributed by atoms with Crippen LogP contribution in [0.2, 0.25) is 25.7 Å². The molecule has 0 radical (unpaired) electrons. The van der Waals surface area contributed by atoms with Gasteiger partial charge in [0.2, 0.25) is 0 Å². The van der Waals surface area contributed by atoms with Crippen molar-refractivity contribution in [3.8, 4) is 0 Å². The number of aromatic nitrogens is 2. The first kappa shape index (κ1) is 32.0. The van der Waals surface area contributed by atoms with Gasteiger partial charge in [0, 0.05) is 64.4 Å². The average molecular weight is 717 g/mol. The molecule has 0 saturated carbocycles. The van der Waals surface area contributed by atoms with Gasteiger partial charge in [-0.05, 0) is 119 Å². The number of hydrogen-bond donors (Lipinski definition) is 1. The number of benzene rings is 2. The summed E-state index contributed by atoms with van der Waals surface area (Å²) < 4.78 is 10.6. The maximum Gasteiger partial charge on any atom is 0.122 e. The number of nitrogens with one attached hydrogen (secondary N) is 1. The Hall–Kier alpha value is -1.42. The van der Waals surface area contributed by atoms with E-state index in [9.17, 15) is 0 Å². The lowest BCUT2D eigenvalue weighted by Gasteiger charge is -2.18. The molecule has 0 amide bonds. The maximum absolute atomic E-state index is 6.01. The summed E-state index contributed by atoms with van der Waals surface area (Å²) in [5.74, 6) is 0. The fraction of sp³-hybridized carbons (Fsp3) is 0.529. The number of nitrogens with zero attached hydrogens (tertiary/aromatic N) is 3. The first-order valence-corrected chi connectivity index (χ1v) is 20.9. The predicted molar refractivity (Wildman–Crippen MR) is 188 cm³/mol. The second kappa shape index (κ2) is 14.1. The molecule has 0 unspecified atom stereocenters. The van der Waals surface area contributed by atoms with E-state index in [1.807, 2.05) is 0 Å². The Labute approximate surface area is 270 Å². The highest BCUT2D eigenvalue weighted by Crippen LogP contribution is 2.30. The molecule has 2 saturated heterocycles. The second-order valence-electron chi connectivity index (χ2n) is 13.6. The summed E-state index contributed by atoms with van der Waals surface area (Å²) in [5, 5.41) is 2.73. The van der Waals surface area contributed by atoms with Gasteiger partial charge in [-0.1, -0.05) is 51.5 Å². The van der Waals surface area contributed by atoms with Gasteiger partial charge in [-0.15, -0.1) is 0 Å². The van der Waals surface area contributed by atoms with Crippen LogP contribution < -0.4 is 0 Å². The standard InChI is InChI=1S/C20H31BrN2OSi.C14H17BrN2/c1-22-9-5-6-18(22)12-16-14-23(15-24-10-11-25(2,3)4)20-8-7-17(21)13-19(16)20;1-17-6-2-3-12(17)7-10-9-16-14-5-4-11(15)8-13(10)14/h7-8,13-14,18H,5-6,9-12,15H2,1-4H3;4-5,8-9,12,16H,2-3,6-7H2,1H3/t18-;12-/m11/s1. The Morgan fingerprint density at radius 2 is 1.48 bits per heavy atom. The van der Waals surface area contributed by atoms with E-state index < -0.39 is 8.07 Å². The SMILES string of the molecule is CN1CCC[C@@H]1Cc1c[nH]c2ccc(Br)cc12.CN1CCC[C@@H]1Cc1cn(COCC[Si](C)(C)C)c2ccc(Br)cc12. The van der Waals surface area contributed by atoms with Crippen molar-refractivity contribution < 1.29 is 4.74 Å². The molecule has 42 heavy (non-hydrogen) atoms. The van der Waals surface area contributed by atoms with Crippen LogP contribution in [0.25, 0.3) is 21.8 Å². The van der Waals surface area contributed by atoms with Crippen LogP contribution in [0.1, 0.15) is 36.8 Å². The fourth-order valence-corrected chi connectivity index (χ4v) is 7.93. The molecule has 2 aliphatic rings. The summed E-state index contributed by atoms with van der Waals surface area (Å²) in [5.41, 5.74) is 5.42. The Morgan fingerprint density at radius 3 is 2.10 bits per heavy atom. The number of hydrogen-bond acceptors (Lipinski definition) is 3. The third kappa shape index (κ3) is 8.19.